The fourth-order valence-electron chi connectivity index (χ4n) is 3.93. The first-order valence-corrected chi connectivity index (χ1v) is 11.8. The molecular formula is C25H22ClF3N6O2. The monoisotopic (exact) mass is 530 g/mol. The number of imidazole rings is 1. The minimum Gasteiger partial charge on any atom is -0.480 e. The van der Waals surface area contributed by atoms with Gasteiger partial charge in [-0.05, 0) is 25.3 Å². The van der Waals surface area contributed by atoms with E-state index in [1.54, 1.807) is 31.2 Å². The smallest absolute Gasteiger partial charge is 0.434 e. The van der Waals surface area contributed by atoms with Crippen molar-refractivity contribution in [2.45, 2.75) is 38.5 Å². The van der Waals surface area contributed by atoms with Gasteiger partial charge in [0.05, 0.1) is 18.5 Å². The third kappa shape index (κ3) is 5.08. The van der Waals surface area contributed by atoms with Gasteiger partial charge in [0.25, 0.3) is 0 Å². The van der Waals surface area contributed by atoms with Crippen molar-refractivity contribution in [3.63, 3.8) is 0 Å². The van der Waals surface area contributed by atoms with E-state index in [1.165, 1.54) is 25.1 Å². The Morgan fingerprint density at radius 3 is 2.41 bits per heavy atom. The van der Waals surface area contributed by atoms with Crippen LogP contribution in [0.15, 0.2) is 36.8 Å². The second kappa shape index (κ2) is 9.62. The molecule has 0 amide bonds. The van der Waals surface area contributed by atoms with E-state index in [2.05, 4.69) is 24.9 Å². The second-order valence-electron chi connectivity index (χ2n) is 8.71. The Hall–Kier alpha value is -3.73. The molecule has 1 aliphatic carbocycles. The maximum absolute atomic E-state index is 13.0. The summed E-state index contributed by atoms with van der Waals surface area (Å²) in [6.07, 6.45) is -0.0316. The molecule has 0 N–H and O–H groups in total. The zero-order chi connectivity index (χ0) is 26.3. The molecule has 0 radical (unpaired) electrons. The molecule has 0 bridgehead atoms. The molecule has 192 valence electrons. The van der Waals surface area contributed by atoms with Gasteiger partial charge in [-0.15, -0.1) is 0 Å². The predicted octanol–water partition coefficient (Wildman–Crippen LogP) is 5.78. The lowest BCUT2D eigenvalue weighted by Gasteiger charge is -2.14. The number of aromatic nitrogens is 6. The lowest BCUT2D eigenvalue weighted by molar-refractivity contribution is -0.140. The Bertz CT molecular complexity index is 1450. The van der Waals surface area contributed by atoms with E-state index in [-0.39, 0.29) is 23.3 Å². The van der Waals surface area contributed by atoms with Crippen LogP contribution in [-0.2, 0) is 19.8 Å². The van der Waals surface area contributed by atoms with E-state index in [0.29, 0.717) is 34.4 Å². The van der Waals surface area contributed by atoms with Crippen molar-refractivity contribution in [2.75, 3.05) is 7.11 Å². The molecular weight excluding hydrogens is 509 g/mol. The summed E-state index contributed by atoms with van der Waals surface area (Å²) in [7, 11) is 3.05. The highest BCUT2D eigenvalue weighted by Gasteiger charge is 2.34. The standard InChI is InChI=1S/C25H22ClF3N6O2/c1-13-19(26)24(34-21(32-13)18-20(15-8-9-15)30-12-31-23(18)36-3)37-11-14-4-6-16(7-5-14)22-33-17(10-35(22)2)25(27,28)29/h4-7,10,12,15H,8-9,11H2,1-3H3. The van der Waals surface area contributed by atoms with Crippen molar-refractivity contribution in [2.24, 2.45) is 7.05 Å². The fraction of sp³-hybridized carbons (Fsp3) is 0.320. The summed E-state index contributed by atoms with van der Waals surface area (Å²) in [6, 6.07) is 6.87. The Balaban J connectivity index is 1.39. The third-order valence-electron chi connectivity index (χ3n) is 5.96. The Morgan fingerprint density at radius 1 is 1.05 bits per heavy atom. The Morgan fingerprint density at radius 2 is 1.78 bits per heavy atom. The largest absolute Gasteiger partial charge is 0.480 e. The van der Waals surface area contributed by atoms with Crippen LogP contribution in [0, 0.1) is 6.92 Å². The first-order valence-electron chi connectivity index (χ1n) is 11.4. The molecule has 0 aliphatic heterocycles. The molecule has 1 fully saturated rings. The summed E-state index contributed by atoms with van der Waals surface area (Å²) in [6.45, 7) is 1.88. The van der Waals surface area contributed by atoms with Gasteiger partial charge in [-0.25, -0.2) is 19.9 Å². The molecule has 1 aliphatic rings. The quantitative estimate of drug-likeness (QED) is 0.299. The third-order valence-corrected chi connectivity index (χ3v) is 6.40. The van der Waals surface area contributed by atoms with Crippen LogP contribution in [-0.4, -0.2) is 36.6 Å². The topological polar surface area (TPSA) is 87.8 Å². The molecule has 4 aromatic rings. The number of benzene rings is 1. The van der Waals surface area contributed by atoms with Crippen LogP contribution in [0.3, 0.4) is 0 Å². The number of alkyl halides is 3. The van der Waals surface area contributed by atoms with Gasteiger partial charge < -0.3 is 14.0 Å². The molecule has 5 rings (SSSR count). The number of rotatable bonds is 7. The van der Waals surface area contributed by atoms with Crippen molar-refractivity contribution < 1.29 is 22.6 Å². The highest BCUT2D eigenvalue weighted by Crippen LogP contribution is 2.45. The van der Waals surface area contributed by atoms with Gasteiger partial charge in [-0.2, -0.15) is 18.2 Å². The molecule has 12 heteroatoms. The van der Waals surface area contributed by atoms with E-state index < -0.39 is 11.9 Å². The highest BCUT2D eigenvalue weighted by molar-refractivity contribution is 6.32. The van der Waals surface area contributed by atoms with Crippen molar-refractivity contribution in [1.29, 1.82) is 0 Å². The summed E-state index contributed by atoms with van der Waals surface area (Å²) in [5.74, 6) is 1.45. The van der Waals surface area contributed by atoms with Crippen LogP contribution in [0.4, 0.5) is 13.2 Å². The van der Waals surface area contributed by atoms with Gasteiger partial charge in [0, 0.05) is 24.7 Å². The number of ether oxygens (including phenoxy) is 2. The minimum absolute atomic E-state index is 0.127. The first-order chi connectivity index (χ1) is 17.7. The highest BCUT2D eigenvalue weighted by atomic mass is 35.5. The fourth-order valence-corrected chi connectivity index (χ4v) is 4.07. The average Bonchev–Trinajstić information content (AvgIpc) is 3.65. The normalized spacial score (nSPS) is 13.6. The summed E-state index contributed by atoms with van der Waals surface area (Å²) < 4.78 is 51.7. The van der Waals surface area contributed by atoms with E-state index in [4.69, 9.17) is 21.1 Å². The van der Waals surface area contributed by atoms with Crippen molar-refractivity contribution in [3.8, 4) is 34.5 Å². The SMILES string of the molecule is COc1ncnc(C2CC2)c1-c1nc(C)c(Cl)c(OCc2ccc(-c3nc(C(F)(F)F)cn3C)cc2)n1. The zero-order valence-corrected chi connectivity index (χ0v) is 20.9. The molecule has 3 aromatic heterocycles. The van der Waals surface area contributed by atoms with Crippen molar-refractivity contribution in [1.82, 2.24) is 29.5 Å². The van der Waals surface area contributed by atoms with Crippen LogP contribution in [0.2, 0.25) is 5.02 Å². The minimum atomic E-state index is -4.51. The Kier molecular flexibility index (Phi) is 6.49. The van der Waals surface area contributed by atoms with Gasteiger partial charge in [0.2, 0.25) is 11.8 Å². The van der Waals surface area contributed by atoms with E-state index in [0.717, 1.165) is 30.3 Å². The number of halogens is 4. The van der Waals surface area contributed by atoms with Crippen LogP contribution < -0.4 is 9.47 Å². The number of aryl methyl sites for hydroxylation is 2. The van der Waals surface area contributed by atoms with Gasteiger partial charge in [0.1, 0.15) is 29.3 Å². The lowest BCUT2D eigenvalue weighted by atomic mass is 10.1. The van der Waals surface area contributed by atoms with Gasteiger partial charge in [-0.1, -0.05) is 35.9 Å². The maximum Gasteiger partial charge on any atom is 0.434 e. The second-order valence-corrected chi connectivity index (χ2v) is 9.09. The zero-order valence-electron chi connectivity index (χ0n) is 20.2. The predicted molar refractivity (Wildman–Crippen MR) is 129 cm³/mol. The molecule has 0 atom stereocenters. The lowest BCUT2D eigenvalue weighted by Crippen LogP contribution is -2.06. The Labute approximate surface area is 215 Å². The summed E-state index contributed by atoms with van der Waals surface area (Å²) in [5, 5.41) is 0.275. The van der Waals surface area contributed by atoms with E-state index in [9.17, 15) is 13.2 Å². The molecule has 0 saturated heterocycles. The van der Waals surface area contributed by atoms with Gasteiger partial charge in [-0.3, -0.25) is 0 Å². The van der Waals surface area contributed by atoms with Crippen molar-refractivity contribution in [3.05, 3.63) is 64.5 Å². The van der Waals surface area contributed by atoms with Crippen LogP contribution in [0.25, 0.3) is 22.8 Å². The summed E-state index contributed by atoms with van der Waals surface area (Å²) >= 11 is 6.45. The van der Waals surface area contributed by atoms with Crippen LogP contribution >= 0.6 is 11.6 Å². The molecule has 0 spiro atoms. The first kappa shape index (κ1) is 24.9. The van der Waals surface area contributed by atoms with Crippen LogP contribution in [0.1, 0.15) is 41.4 Å². The number of nitrogens with zero attached hydrogens (tertiary/aromatic N) is 6. The molecule has 37 heavy (non-hydrogen) atoms. The molecule has 0 unspecified atom stereocenters. The van der Waals surface area contributed by atoms with E-state index >= 15 is 0 Å². The molecule has 1 aromatic carbocycles. The van der Waals surface area contributed by atoms with Gasteiger partial charge in [0.15, 0.2) is 11.5 Å². The number of hydrogen-bond donors (Lipinski definition) is 0. The van der Waals surface area contributed by atoms with E-state index in [1.807, 2.05) is 0 Å². The maximum atomic E-state index is 13.0. The molecule has 3 heterocycles. The average molecular weight is 531 g/mol. The molecule has 1 saturated carbocycles. The number of hydrogen-bond acceptors (Lipinski definition) is 7. The summed E-state index contributed by atoms with van der Waals surface area (Å²) in [4.78, 5) is 21.5. The summed E-state index contributed by atoms with van der Waals surface area (Å²) in [5.41, 5.74) is 2.35. The number of methoxy groups -OCH3 is 1. The van der Waals surface area contributed by atoms with Gasteiger partial charge >= 0.3 is 6.18 Å². The van der Waals surface area contributed by atoms with Crippen molar-refractivity contribution >= 4 is 11.6 Å². The van der Waals surface area contributed by atoms with Crippen LogP contribution in [0.5, 0.6) is 11.8 Å². The molecule has 8 nitrogen and oxygen atoms in total.